The first kappa shape index (κ1) is 14.3. The van der Waals surface area contributed by atoms with Gasteiger partial charge in [0.1, 0.15) is 0 Å². The van der Waals surface area contributed by atoms with Crippen molar-refractivity contribution in [3.05, 3.63) is 0 Å². The van der Waals surface area contributed by atoms with Gasteiger partial charge in [-0.2, -0.15) is 0 Å². The molecule has 1 aliphatic carbocycles. The van der Waals surface area contributed by atoms with Crippen molar-refractivity contribution in [2.45, 2.75) is 25.7 Å². The number of likely N-dealkylation sites (N-methyl/N-ethyl adjacent to an activating group) is 1. The average Bonchev–Trinajstić information content (AvgIpc) is 2.41. The first-order valence-electron chi connectivity index (χ1n) is 7.04. The van der Waals surface area contributed by atoms with Gasteiger partial charge in [-0.05, 0) is 19.9 Å². The van der Waals surface area contributed by atoms with E-state index in [4.69, 9.17) is 0 Å². The number of carboxylic acids is 1. The van der Waals surface area contributed by atoms with Crippen molar-refractivity contribution >= 4 is 11.9 Å². The Bertz CT molecular complexity index is 340. The van der Waals surface area contributed by atoms with E-state index in [1.54, 1.807) is 0 Å². The molecular weight excluding hydrogens is 246 g/mol. The zero-order valence-electron chi connectivity index (χ0n) is 11.5. The zero-order valence-corrected chi connectivity index (χ0v) is 11.5. The number of carboxylic acid groups (broad SMARTS) is 1. The highest BCUT2D eigenvalue weighted by molar-refractivity contribution is 5.84. The predicted octanol–water partition coefficient (Wildman–Crippen LogP) is 0.156. The SMILES string of the molecule is CN1CCN(NC(=O)C2CCCCC2C(=O)O)CC1. The van der Waals surface area contributed by atoms with Crippen molar-refractivity contribution in [2.24, 2.45) is 11.8 Å². The van der Waals surface area contributed by atoms with Crippen LogP contribution in [0.4, 0.5) is 0 Å². The van der Waals surface area contributed by atoms with Gasteiger partial charge in [-0.3, -0.25) is 15.0 Å². The van der Waals surface area contributed by atoms with Gasteiger partial charge in [0.05, 0.1) is 11.8 Å². The minimum absolute atomic E-state index is 0.114. The van der Waals surface area contributed by atoms with E-state index in [-0.39, 0.29) is 11.8 Å². The molecule has 2 atom stereocenters. The summed E-state index contributed by atoms with van der Waals surface area (Å²) in [5.41, 5.74) is 2.90. The molecule has 2 aliphatic rings. The Hall–Kier alpha value is -1.14. The van der Waals surface area contributed by atoms with Crippen LogP contribution < -0.4 is 5.43 Å². The highest BCUT2D eigenvalue weighted by Gasteiger charge is 2.36. The largest absolute Gasteiger partial charge is 0.481 e. The molecule has 0 spiro atoms. The fraction of sp³-hybridized carbons (Fsp3) is 0.846. The molecule has 2 rings (SSSR count). The monoisotopic (exact) mass is 269 g/mol. The molecule has 1 aliphatic heterocycles. The molecule has 0 radical (unpaired) electrons. The van der Waals surface area contributed by atoms with Crippen molar-refractivity contribution in [1.82, 2.24) is 15.3 Å². The second-order valence-corrected chi connectivity index (χ2v) is 5.60. The van der Waals surface area contributed by atoms with Crippen LogP contribution in [0.25, 0.3) is 0 Å². The van der Waals surface area contributed by atoms with Gasteiger partial charge in [-0.25, -0.2) is 5.01 Å². The van der Waals surface area contributed by atoms with Crippen LogP contribution in [0.5, 0.6) is 0 Å². The molecule has 6 heteroatoms. The number of hydrazine groups is 1. The van der Waals surface area contributed by atoms with Gasteiger partial charge in [-0.1, -0.05) is 12.8 Å². The summed E-state index contributed by atoms with van der Waals surface area (Å²) in [6.45, 7) is 3.44. The van der Waals surface area contributed by atoms with Crippen LogP contribution in [-0.4, -0.2) is 60.1 Å². The molecule has 108 valence electrons. The minimum atomic E-state index is -0.835. The van der Waals surface area contributed by atoms with Gasteiger partial charge in [0.2, 0.25) is 5.91 Å². The molecule has 1 saturated carbocycles. The van der Waals surface area contributed by atoms with Crippen LogP contribution in [0.2, 0.25) is 0 Å². The van der Waals surface area contributed by atoms with E-state index in [2.05, 4.69) is 17.4 Å². The lowest BCUT2D eigenvalue weighted by Crippen LogP contribution is -2.54. The van der Waals surface area contributed by atoms with Crippen LogP contribution in [0.1, 0.15) is 25.7 Å². The van der Waals surface area contributed by atoms with E-state index in [0.29, 0.717) is 12.8 Å². The lowest BCUT2D eigenvalue weighted by molar-refractivity contribution is -0.150. The molecule has 1 amide bonds. The summed E-state index contributed by atoms with van der Waals surface area (Å²) in [6.07, 6.45) is 3.17. The van der Waals surface area contributed by atoms with Gasteiger partial charge < -0.3 is 10.0 Å². The van der Waals surface area contributed by atoms with Gasteiger partial charge in [0, 0.05) is 26.2 Å². The van der Waals surface area contributed by atoms with E-state index in [1.807, 2.05) is 5.01 Å². The number of piperazine rings is 1. The van der Waals surface area contributed by atoms with Crippen LogP contribution >= 0.6 is 0 Å². The molecule has 0 aromatic rings. The normalized spacial score (nSPS) is 29.9. The maximum absolute atomic E-state index is 12.2. The molecule has 0 bridgehead atoms. The van der Waals surface area contributed by atoms with E-state index in [1.165, 1.54) is 0 Å². The van der Waals surface area contributed by atoms with Gasteiger partial charge in [-0.15, -0.1) is 0 Å². The van der Waals surface area contributed by atoms with Crippen LogP contribution in [0.15, 0.2) is 0 Å². The highest BCUT2D eigenvalue weighted by Crippen LogP contribution is 2.30. The van der Waals surface area contributed by atoms with Crippen LogP contribution in [-0.2, 0) is 9.59 Å². The van der Waals surface area contributed by atoms with Crippen LogP contribution in [0, 0.1) is 11.8 Å². The summed E-state index contributed by atoms with van der Waals surface area (Å²) in [7, 11) is 2.06. The summed E-state index contributed by atoms with van der Waals surface area (Å²) in [4.78, 5) is 25.6. The smallest absolute Gasteiger partial charge is 0.307 e. The predicted molar refractivity (Wildman–Crippen MR) is 70.3 cm³/mol. The fourth-order valence-electron chi connectivity index (χ4n) is 2.90. The van der Waals surface area contributed by atoms with Gasteiger partial charge in [0.25, 0.3) is 0 Å². The second-order valence-electron chi connectivity index (χ2n) is 5.60. The Morgan fingerprint density at radius 1 is 1.05 bits per heavy atom. The number of hydrogen-bond donors (Lipinski definition) is 2. The number of carbonyl (C=O) groups is 2. The maximum Gasteiger partial charge on any atom is 0.307 e. The molecule has 1 saturated heterocycles. The lowest BCUT2D eigenvalue weighted by atomic mass is 9.79. The van der Waals surface area contributed by atoms with E-state index < -0.39 is 11.9 Å². The first-order chi connectivity index (χ1) is 9.08. The molecule has 2 fully saturated rings. The van der Waals surface area contributed by atoms with E-state index in [0.717, 1.165) is 39.0 Å². The number of rotatable bonds is 3. The fourth-order valence-corrected chi connectivity index (χ4v) is 2.90. The van der Waals surface area contributed by atoms with E-state index in [9.17, 15) is 14.7 Å². The number of hydrogen-bond acceptors (Lipinski definition) is 4. The summed E-state index contributed by atoms with van der Waals surface area (Å²) in [5.74, 6) is -1.83. The molecule has 1 heterocycles. The van der Waals surface area contributed by atoms with Crippen molar-refractivity contribution < 1.29 is 14.7 Å². The van der Waals surface area contributed by atoms with E-state index >= 15 is 0 Å². The molecule has 19 heavy (non-hydrogen) atoms. The number of amides is 1. The number of carbonyl (C=O) groups excluding carboxylic acids is 1. The Kier molecular flexibility index (Phi) is 4.76. The van der Waals surface area contributed by atoms with Gasteiger partial charge >= 0.3 is 5.97 Å². The molecule has 2 unspecified atom stereocenters. The van der Waals surface area contributed by atoms with Gasteiger partial charge in [0.15, 0.2) is 0 Å². The second kappa shape index (κ2) is 6.34. The minimum Gasteiger partial charge on any atom is -0.481 e. The summed E-state index contributed by atoms with van der Waals surface area (Å²) >= 11 is 0. The summed E-state index contributed by atoms with van der Waals surface area (Å²) < 4.78 is 0. The number of aliphatic carboxylic acids is 1. The van der Waals surface area contributed by atoms with Crippen molar-refractivity contribution in [2.75, 3.05) is 33.2 Å². The average molecular weight is 269 g/mol. The Labute approximate surface area is 113 Å². The summed E-state index contributed by atoms with van der Waals surface area (Å²) in [5, 5.41) is 11.1. The third-order valence-corrected chi connectivity index (χ3v) is 4.19. The first-order valence-corrected chi connectivity index (χ1v) is 7.04. The van der Waals surface area contributed by atoms with Crippen molar-refractivity contribution in [3.63, 3.8) is 0 Å². The number of nitrogens with one attached hydrogen (secondary N) is 1. The van der Waals surface area contributed by atoms with Crippen LogP contribution in [0.3, 0.4) is 0 Å². The third-order valence-electron chi connectivity index (χ3n) is 4.19. The molecule has 6 nitrogen and oxygen atoms in total. The molecule has 2 N–H and O–H groups in total. The molecular formula is C13H23N3O3. The Balaban J connectivity index is 1.89. The Morgan fingerprint density at radius 2 is 1.63 bits per heavy atom. The maximum atomic E-state index is 12.2. The summed E-state index contributed by atoms with van der Waals surface area (Å²) in [6, 6.07) is 0. The van der Waals surface area contributed by atoms with Crippen molar-refractivity contribution in [1.29, 1.82) is 0 Å². The molecule has 0 aromatic carbocycles. The zero-order chi connectivity index (χ0) is 13.8. The standard InChI is InChI=1S/C13H23N3O3/c1-15-6-8-16(9-7-15)14-12(17)10-4-2-3-5-11(10)13(18)19/h10-11H,2-9H2,1H3,(H,14,17)(H,18,19). The lowest BCUT2D eigenvalue weighted by Gasteiger charge is -2.35. The highest BCUT2D eigenvalue weighted by atomic mass is 16.4. The Morgan fingerprint density at radius 3 is 2.21 bits per heavy atom. The quantitative estimate of drug-likeness (QED) is 0.763. The van der Waals surface area contributed by atoms with Crippen molar-refractivity contribution in [3.8, 4) is 0 Å². The molecule has 0 aromatic heterocycles. The number of nitrogens with zero attached hydrogens (tertiary/aromatic N) is 2. The third kappa shape index (κ3) is 3.67. The topological polar surface area (TPSA) is 72.9 Å².